The van der Waals surface area contributed by atoms with Crippen LogP contribution in [-0.2, 0) is 0 Å². The third-order valence-electron chi connectivity index (χ3n) is 3.24. The molecule has 0 bridgehead atoms. The van der Waals surface area contributed by atoms with Gasteiger partial charge in [-0.2, -0.15) is 0 Å². The highest BCUT2D eigenvalue weighted by molar-refractivity contribution is 9.10. The average Bonchev–Trinajstić information content (AvgIpc) is 3.12. The van der Waals surface area contributed by atoms with Crippen molar-refractivity contribution in [2.45, 2.75) is 5.92 Å². The lowest BCUT2D eigenvalue weighted by Gasteiger charge is -2.16. The Morgan fingerprint density at radius 3 is 1.95 bits per heavy atom. The molecule has 102 valence electrons. The van der Waals surface area contributed by atoms with E-state index in [1.165, 1.54) is 6.07 Å². The molecule has 0 aliphatic rings. The highest BCUT2D eigenvalue weighted by atomic mass is 79.9. The Morgan fingerprint density at radius 1 is 0.850 bits per heavy atom. The van der Waals surface area contributed by atoms with Crippen LogP contribution in [0.1, 0.15) is 22.9 Å². The smallest absolute Gasteiger partial charge is 0.173 e. The maximum atomic E-state index is 14.3. The van der Waals surface area contributed by atoms with Gasteiger partial charge in [-0.05, 0) is 46.3 Å². The molecule has 0 fully saturated rings. The van der Waals surface area contributed by atoms with Crippen molar-refractivity contribution < 1.29 is 8.78 Å². The van der Waals surface area contributed by atoms with E-state index >= 15 is 0 Å². The molecule has 1 aromatic carbocycles. The molecule has 0 saturated heterocycles. The fourth-order valence-electron chi connectivity index (χ4n) is 2.31. The van der Waals surface area contributed by atoms with Gasteiger partial charge in [0.05, 0.1) is 10.4 Å². The lowest BCUT2D eigenvalue weighted by Crippen LogP contribution is -2.08. The lowest BCUT2D eigenvalue weighted by molar-refractivity contribution is 0.492. The van der Waals surface area contributed by atoms with Gasteiger partial charge in [-0.15, -0.1) is 0 Å². The molecule has 2 nitrogen and oxygen atoms in total. The van der Waals surface area contributed by atoms with E-state index in [0.717, 1.165) is 11.4 Å². The summed E-state index contributed by atoms with van der Waals surface area (Å²) in [7, 11) is 0. The Balaban J connectivity index is 2.19. The number of aromatic nitrogens is 2. The van der Waals surface area contributed by atoms with Crippen LogP contribution in [0.2, 0.25) is 0 Å². The maximum Gasteiger partial charge on any atom is 0.173 e. The van der Waals surface area contributed by atoms with E-state index in [0.29, 0.717) is 0 Å². The highest BCUT2D eigenvalue weighted by Crippen LogP contribution is 2.34. The van der Waals surface area contributed by atoms with Gasteiger partial charge in [0.2, 0.25) is 0 Å². The topological polar surface area (TPSA) is 31.6 Å². The first-order chi connectivity index (χ1) is 9.68. The van der Waals surface area contributed by atoms with Crippen LogP contribution in [0.5, 0.6) is 0 Å². The summed E-state index contributed by atoms with van der Waals surface area (Å²) in [4.78, 5) is 6.13. The molecule has 0 amide bonds. The minimum Gasteiger partial charge on any atom is -0.364 e. The number of benzene rings is 1. The molecule has 5 heteroatoms. The molecular weight excluding hydrogens is 326 g/mol. The van der Waals surface area contributed by atoms with E-state index in [4.69, 9.17) is 0 Å². The predicted molar refractivity (Wildman–Crippen MR) is 76.6 cm³/mol. The van der Waals surface area contributed by atoms with Crippen molar-refractivity contribution in [3.8, 4) is 0 Å². The molecular formula is C15H11BrF2N2. The molecule has 0 atom stereocenters. The van der Waals surface area contributed by atoms with E-state index < -0.39 is 17.6 Å². The first kappa shape index (κ1) is 13.1. The molecule has 0 saturated carbocycles. The molecule has 2 heterocycles. The Kier molecular flexibility index (Phi) is 3.44. The average molecular weight is 337 g/mol. The van der Waals surface area contributed by atoms with Crippen molar-refractivity contribution in [3.05, 3.63) is 81.9 Å². The van der Waals surface area contributed by atoms with Crippen LogP contribution in [0.15, 0.2) is 53.3 Å². The van der Waals surface area contributed by atoms with Crippen molar-refractivity contribution in [2.75, 3.05) is 0 Å². The van der Waals surface area contributed by atoms with Gasteiger partial charge in [0.15, 0.2) is 11.6 Å². The van der Waals surface area contributed by atoms with Gasteiger partial charge in [0.1, 0.15) is 0 Å². The minimum absolute atomic E-state index is 0.121. The number of rotatable bonds is 3. The summed E-state index contributed by atoms with van der Waals surface area (Å²) in [6.45, 7) is 0. The SMILES string of the molecule is Fc1c(Br)ccc(C(c2ccc[nH]2)c2ccc[nH]2)c1F. The van der Waals surface area contributed by atoms with Crippen LogP contribution in [0, 0.1) is 11.6 Å². The van der Waals surface area contributed by atoms with Crippen molar-refractivity contribution in [1.29, 1.82) is 0 Å². The van der Waals surface area contributed by atoms with Gasteiger partial charge >= 0.3 is 0 Å². The van der Waals surface area contributed by atoms with Gasteiger partial charge in [-0.1, -0.05) is 6.07 Å². The Labute approximate surface area is 123 Å². The molecule has 0 aliphatic heterocycles. The zero-order valence-electron chi connectivity index (χ0n) is 10.3. The van der Waals surface area contributed by atoms with Crippen LogP contribution in [-0.4, -0.2) is 9.97 Å². The molecule has 3 aromatic rings. The summed E-state index contributed by atoms with van der Waals surface area (Å²) < 4.78 is 28.2. The summed E-state index contributed by atoms with van der Waals surface area (Å²) in [5.74, 6) is -2.11. The monoisotopic (exact) mass is 336 g/mol. The fraction of sp³-hybridized carbons (Fsp3) is 0.0667. The molecule has 20 heavy (non-hydrogen) atoms. The normalized spacial score (nSPS) is 11.2. The quantitative estimate of drug-likeness (QED) is 0.657. The van der Waals surface area contributed by atoms with Gasteiger partial charge in [0.25, 0.3) is 0 Å². The van der Waals surface area contributed by atoms with Crippen LogP contribution >= 0.6 is 15.9 Å². The number of aromatic amines is 2. The highest BCUT2D eigenvalue weighted by Gasteiger charge is 2.24. The summed E-state index contributed by atoms with van der Waals surface area (Å²) >= 11 is 3.00. The number of halogens is 3. The second-order valence-electron chi connectivity index (χ2n) is 4.45. The maximum absolute atomic E-state index is 14.3. The number of hydrogen-bond acceptors (Lipinski definition) is 0. The van der Waals surface area contributed by atoms with Crippen LogP contribution < -0.4 is 0 Å². The van der Waals surface area contributed by atoms with E-state index in [1.54, 1.807) is 18.5 Å². The van der Waals surface area contributed by atoms with Gasteiger partial charge in [-0.3, -0.25) is 0 Å². The lowest BCUT2D eigenvalue weighted by atomic mass is 9.92. The second-order valence-corrected chi connectivity index (χ2v) is 5.30. The van der Waals surface area contributed by atoms with Crippen molar-refractivity contribution in [3.63, 3.8) is 0 Å². The first-order valence-corrected chi connectivity index (χ1v) is 6.87. The first-order valence-electron chi connectivity index (χ1n) is 6.08. The summed E-state index contributed by atoms with van der Waals surface area (Å²) in [6.07, 6.45) is 3.52. The second kappa shape index (κ2) is 5.25. The minimum atomic E-state index is -0.870. The van der Waals surface area contributed by atoms with E-state index in [1.807, 2.05) is 24.3 Å². The zero-order valence-corrected chi connectivity index (χ0v) is 11.9. The summed E-state index contributed by atoms with van der Waals surface area (Å²) in [6, 6.07) is 10.5. The van der Waals surface area contributed by atoms with E-state index in [2.05, 4.69) is 25.9 Å². The Morgan fingerprint density at radius 2 is 1.45 bits per heavy atom. The molecule has 0 aliphatic carbocycles. The van der Waals surface area contributed by atoms with Crippen LogP contribution in [0.4, 0.5) is 8.78 Å². The Bertz CT molecular complexity index is 672. The molecule has 0 radical (unpaired) electrons. The number of H-pyrrole nitrogens is 2. The van der Waals surface area contributed by atoms with E-state index in [9.17, 15) is 8.78 Å². The molecule has 0 spiro atoms. The summed E-state index contributed by atoms with van der Waals surface area (Å²) in [5.41, 5.74) is 1.89. The van der Waals surface area contributed by atoms with Crippen molar-refractivity contribution >= 4 is 15.9 Å². The molecule has 2 N–H and O–H groups in total. The summed E-state index contributed by atoms with van der Waals surface area (Å²) in [5, 5.41) is 0. The largest absolute Gasteiger partial charge is 0.364 e. The number of nitrogens with one attached hydrogen (secondary N) is 2. The zero-order chi connectivity index (χ0) is 14.1. The van der Waals surface area contributed by atoms with Gasteiger partial charge < -0.3 is 9.97 Å². The van der Waals surface area contributed by atoms with Crippen LogP contribution in [0.3, 0.4) is 0 Å². The predicted octanol–water partition coefficient (Wildman–Crippen LogP) is 4.56. The molecule has 0 unspecified atom stereocenters. The fourth-order valence-corrected chi connectivity index (χ4v) is 2.62. The van der Waals surface area contributed by atoms with Gasteiger partial charge in [0, 0.05) is 29.3 Å². The van der Waals surface area contributed by atoms with Crippen molar-refractivity contribution in [2.24, 2.45) is 0 Å². The third-order valence-corrected chi connectivity index (χ3v) is 3.85. The molecule has 2 aromatic heterocycles. The number of hydrogen-bond donors (Lipinski definition) is 2. The Hall–Kier alpha value is -1.88. The van der Waals surface area contributed by atoms with Gasteiger partial charge in [-0.25, -0.2) is 8.78 Å². The third kappa shape index (κ3) is 2.18. The van der Waals surface area contributed by atoms with Crippen molar-refractivity contribution in [1.82, 2.24) is 9.97 Å². The molecule has 3 rings (SSSR count). The van der Waals surface area contributed by atoms with E-state index in [-0.39, 0.29) is 10.0 Å². The standard InChI is InChI=1S/C15H11BrF2N2/c16-10-6-5-9(14(17)15(10)18)13(11-3-1-7-19-11)12-4-2-8-20-12/h1-8,13,19-20H. The van der Waals surface area contributed by atoms with Crippen LogP contribution in [0.25, 0.3) is 0 Å².